The van der Waals surface area contributed by atoms with E-state index in [4.69, 9.17) is 10.5 Å². The molecule has 0 rings (SSSR count). The average molecular weight is 394 g/mol. The lowest BCUT2D eigenvalue weighted by Crippen LogP contribution is -2.47. The van der Waals surface area contributed by atoms with Gasteiger partial charge in [-0.2, -0.15) is 0 Å². The van der Waals surface area contributed by atoms with Gasteiger partial charge < -0.3 is 10.5 Å². The third-order valence-electron chi connectivity index (χ3n) is 5.25. The summed E-state index contributed by atoms with van der Waals surface area (Å²) in [5, 5.41) is 0. The molecule has 0 saturated heterocycles. The van der Waals surface area contributed by atoms with Crippen LogP contribution in [0.5, 0.6) is 0 Å². The molecule has 1 atom stereocenters. The van der Waals surface area contributed by atoms with Crippen molar-refractivity contribution in [1.82, 2.24) is 0 Å². The Bertz CT molecular complexity index is 484. The molecule has 28 heavy (non-hydrogen) atoms. The molecule has 0 fully saturated rings. The number of hydrogen-bond donors (Lipinski definition) is 1. The van der Waals surface area contributed by atoms with Gasteiger partial charge in [0.2, 0.25) is 0 Å². The lowest BCUT2D eigenvalue weighted by molar-refractivity contribution is -0.165. The number of unbranched alkanes of at least 4 members (excludes halogenated alkanes) is 10. The molecule has 1 amide bonds. The first-order valence-electron chi connectivity index (χ1n) is 11.2. The highest BCUT2D eigenvalue weighted by Gasteiger charge is 2.38. The fourth-order valence-corrected chi connectivity index (χ4v) is 3.22. The Hall–Kier alpha value is -1.58. The first-order chi connectivity index (χ1) is 13.4. The summed E-state index contributed by atoms with van der Waals surface area (Å²) in [5.41, 5.74) is 4.61. The van der Waals surface area contributed by atoms with Crippen LogP contribution < -0.4 is 5.73 Å². The van der Waals surface area contributed by atoms with Crippen LogP contribution in [0.1, 0.15) is 111 Å². The van der Waals surface area contributed by atoms with Gasteiger partial charge >= 0.3 is 5.97 Å². The maximum Gasteiger partial charge on any atom is 0.334 e. The van der Waals surface area contributed by atoms with Crippen LogP contribution in [0.15, 0.2) is 24.3 Å². The van der Waals surface area contributed by atoms with Crippen LogP contribution in [0, 0.1) is 0 Å². The molecule has 4 heteroatoms. The van der Waals surface area contributed by atoms with Crippen molar-refractivity contribution < 1.29 is 14.3 Å². The van der Waals surface area contributed by atoms with Crippen LogP contribution in [-0.4, -0.2) is 17.5 Å². The SMILES string of the molecule is C=C(C)C(=O)OC(CC)(CCCCCCC=CCCCCCCCC)C(N)=O. The third-order valence-corrected chi connectivity index (χ3v) is 5.25. The monoisotopic (exact) mass is 393 g/mol. The minimum atomic E-state index is -1.20. The Morgan fingerprint density at radius 1 is 0.893 bits per heavy atom. The van der Waals surface area contributed by atoms with Gasteiger partial charge in [-0.05, 0) is 51.9 Å². The van der Waals surface area contributed by atoms with Gasteiger partial charge in [-0.3, -0.25) is 4.79 Å². The van der Waals surface area contributed by atoms with E-state index < -0.39 is 17.5 Å². The van der Waals surface area contributed by atoms with Crippen molar-refractivity contribution in [2.75, 3.05) is 0 Å². The van der Waals surface area contributed by atoms with Crippen molar-refractivity contribution in [2.24, 2.45) is 5.73 Å². The number of primary amides is 1. The van der Waals surface area contributed by atoms with Gasteiger partial charge in [0.1, 0.15) is 0 Å². The normalized spacial score (nSPS) is 13.4. The molecule has 0 aromatic rings. The molecule has 0 aliphatic rings. The van der Waals surface area contributed by atoms with E-state index in [0.717, 1.165) is 32.1 Å². The highest BCUT2D eigenvalue weighted by Crippen LogP contribution is 2.25. The van der Waals surface area contributed by atoms with Crippen molar-refractivity contribution in [2.45, 2.75) is 116 Å². The second-order valence-corrected chi connectivity index (χ2v) is 7.86. The second kappa shape index (κ2) is 16.4. The van der Waals surface area contributed by atoms with E-state index in [0.29, 0.717) is 12.8 Å². The van der Waals surface area contributed by atoms with E-state index in [1.54, 1.807) is 6.92 Å². The molecule has 0 aliphatic carbocycles. The molecular weight excluding hydrogens is 350 g/mol. The first-order valence-corrected chi connectivity index (χ1v) is 11.2. The van der Waals surface area contributed by atoms with Gasteiger partial charge in [-0.15, -0.1) is 0 Å². The highest BCUT2D eigenvalue weighted by molar-refractivity contribution is 5.92. The summed E-state index contributed by atoms with van der Waals surface area (Å²) in [6, 6.07) is 0. The van der Waals surface area contributed by atoms with Crippen molar-refractivity contribution in [3.05, 3.63) is 24.3 Å². The smallest absolute Gasteiger partial charge is 0.334 e. The maximum absolute atomic E-state index is 11.9. The molecule has 0 aromatic heterocycles. The van der Waals surface area contributed by atoms with Crippen LogP contribution in [0.4, 0.5) is 0 Å². The zero-order valence-electron chi connectivity index (χ0n) is 18.6. The van der Waals surface area contributed by atoms with Crippen molar-refractivity contribution in [1.29, 1.82) is 0 Å². The molecule has 162 valence electrons. The summed E-state index contributed by atoms with van der Waals surface area (Å²) in [5.74, 6) is -1.11. The Morgan fingerprint density at radius 2 is 1.39 bits per heavy atom. The van der Waals surface area contributed by atoms with Gasteiger partial charge in [0.05, 0.1) is 0 Å². The average Bonchev–Trinajstić information content (AvgIpc) is 2.66. The predicted octanol–water partition coefficient (Wildman–Crippen LogP) is 6.39. The van der Waals surface area contributed by atoms with Gasteiger partial charge in [0.15, 0.2) is 5.60 Å². The minimum absolute atomic E-state index is 0.284. The van der Waals surface area contributed by atoms with Gasteiger partial charge in [0.25, 0.3) is 5.91 Å². The molecule has 0 bridgehead atoms. The number of carbonyl (C=O) groups is 2. The lowest BCUT2D eigenvalue weighted by Gasteiger charge is -2.29. The number of nitrogens with two attached hydrogens (primary N) is 1. The Labute approximate surface area is 173 Å². The van der Waals surface area contributed by atoms with Crippen LogP contribution >= 0.6 is 0 Å². The van der Waals surface area contributed by atoms with Gasteiger partial charge in [0, 0.05) is 5.57 Å². The fraction of sp³-hybridized carbons (Fsp3) is 0.750. The number of amides is 1. The molecule has 0 radical (unpaired) electrons. The standard InChI is InChI=1S/C24H43NO3/c1-5-7-8-9-10-11-12-13-14-15-16-17-18-19-20-24(6-2,23(25)27)28-22(26)21(3)4/h13-14H,3,5-12,15-20H2,1-2,4H3,(H2,25,27). The highest BCUT2D eigenvalue weighted by atomic mass is 16.6. The largest absolute Gasteiger partial charge is 0.446 e. The topological polar surface area (TPSA) is 69.4 Å². The first kappa shape index (κ1) is 26.4. The summed E-state index contributed by atoms with van der Waals surface area (Å²) in [6.45, 7) is 9.22. The molecule has 0 aliphatic heterocycles. The Morgan fingerprint density at radius 3 is 1.86 bits per heavy atom. The molecule has 4 nitrogen and oxygen atoms in total. The maximum atomic E-state index is 11.9. The lowest BCUT2D eigenvalue weighted by atomic mass is 9.91. The van der Waals surface area contributed by atoms with E-state index in [1.165, 1.54) is 44.9 Å². The predicted molar refractivity (Wildman–Crippen MR) is 118 cm³/mol. The molecule has 0 heterocycles. The van der Waals surface area contributed by atoms with Crippen molar-refractivity contribution >= 4 is 11.9 Å². The van der Waals surface area contributed by atoms with Gasteiger partial charge in [-0.25, -0.2) is 4.79 Å². The Balaban J connectivity index is 3.91. The summed E-state index contributed by atoms with van der Waals surface area (Å²) in [6.07, 6.45) is 19.9. The van der Waals surface area contributed by atoms with Crippen molar-refractivity contribution in [3.8, 4) is 0 Å². The second-order valence-electron chi connectivity index (χ2n) is 7.86. The molecule has 0 saturated carbocycles. The molecular formula is C24H43NO3. The number of rotatable bonds is 18. The molecule has 0 aromatic carbocycles. The number of esters is 1. The number of allylic oxidation sites excluding steroid dienone is 2. The zero-order valence-corrected chi connectivity index (χ0v) is 18.6. The summed E-state index contributed by atoms with van der Waals surface area (Å²) < 4.78 is 5.40. The van der Waals surface area contributed by atoms with E-state index in [-0.39, 0.29) is 5.57 Å². The van der Waals surface area contributed by atoms with Crippen LogP contribution in [0.25, 0.3) is 0 Å². The molecule has 2 N–H and O–H groups in total. The van der Waals surface area contributed by atoms with Crippen LogP contribution in [0.2, 0.25) is 0 Å². The number of hydrogen-bond acceptors (Lipinski definition) is 3. The summed E-state index contributed by atoms with van der Waals surface area (Å²) in [7, 11) is 0. The van der Waals surface area contributed by atoms with E-state index in [9.17, 15) is 9.59 Å². The zero-order chi connectivity index (χ0) is 21.3. The van der Waals surface area contributed by atoms with Crippen molar-refractivity contribution in [3.63, 3.8) is 0 Å². The van der Waals surface area contributed by atoms with Crippen LogP contribution in [0.3, 0.4) is 0 Å². The molecule has 1 unspecified atom stereocenters. The third kappa shape index (κ3) is 12.0. The van der Waals surface area contributed by atoms with Crippen LogP contribution in [-0.2, 0) is 14.3 Å². The summed E-state index contributed by atoms with van der Waals surface area (Å²) in [4.78, 5) is 23.7. The van der Waals surface area contributed by atoms with E-state index in [1.807, 2.05) is 6.92 Å². The number of carbonyl (C=O) groups excluding carboxylic acids is 2. The number of ether oxygens (including phenoxy) is 1. The minimum Gasteiger partial charge on any atom is -0.446 e. The van der Waals surface area contributed by atoms with E-state index in [2.05, 4.69) is 25.7 Å². The quantitative estimate of drug-likeness (QED) is 0.127. The fourth-order valence-electron chi connectivity index (χ4n) is 3.22. The van der Waals surface area contributed by atoms with E-state index >= 15 is 0 Å². The molecule has 0 spiro atoms. The summed E-state index contributed by atoms with van der Waals surface area (Å²) >= 11 is 0. The Kier molecular flexibility index (Phi) is 15.5. The van der Waals surface area contributed by atoms with Gasteiger partial charge in [-0.1, -0.05) is 77.5 Å².